The summed E-state index contributed by atoms with van der Waals surface area (Å²) in [6, 6.07) is 17.6. The summed E-state index contributed by atoms with van der Waals surface area (Å²) in [5.41, 5.74) is 4.01. The zero-order valence-corrected chi connectivity index (χ0v) is 14.2. The van der Waals surface area contributed by atoms with Crippen LogP contribution in [-0.2, 0) is 0 Å². The van der Waals surface area contributed by atoms with E-state index in [4.69, 9.17) is 0 Å². The van der Waals surface area contributed by atoms with Crippen molar-refractivity contribution in [1.29, 1.82) is 0 Å². The van der Waals surface area contributed by atoms with Crippen LogP contribution in [0.4, 0.5) is 10.5 Å². The van der Waals surface area contributed by atoms with Gasteiger partial charge in [-0.05, 0) is 41.8 Å². The first kappa shape index (κ1) is 16.1. The molecule has 1 N–H and O–H groups in total. The van der Waals surface area contributed by atoms with Gasteiger partial charge in [0, 0.05) is 18.8 Å². The van der Waals surface area contributed by atoms with Crippen LogP contribution < -0.4 is 5.32 Å². The quantitative estimate of drug-likeness (QED) is 0.789. The normalized spacial score (nSPS) is 14.0. The maximum absolute atomic E-state index is 12.6. The Morgan fingerprint density at radius 1 is 1.04 bits per heavy atom. The first-order chi connectivity index (χ1) is 12.8. The lowest BCUT2D eigenvalue weighted by Gasteiger charge is -2.28. The third kappa shape index (κ3) is 3.49. The van der Waals surface area contributed by atoms with Crippen LogP contribution in [0.25, 0.3) is 11.3 Å². The second-order valence-electron chi connectivity index (χ2n) is 6.13. The van der Waals surface area contributed by atoms with Crippen molar-refractivity contribution in [2.75, 3.05) is 18.4 Å². The summed E-state index contributed by atoms with van der Waals surface area (Å²) < 4.78 is 1.67. The molecule has 0 spiro atoms. The molecule has 0 atom stereocenters. The number of hydrogen-bond donors (Lipinski definition) is 1. The van der Waals surface area contributed by atoms with E-state index in [9.17, 15) is 4.79 Å². The number of nitrogens with zero attached hydrogens (tertiary/aromatic N) is 4. The highest BCUT2D eigenvalue weighted by Crippen LogP contribution is 2.21. The zero-order valence-electron chi connectivity index (χ0n) is 14.2. The van der Waals surface area contributed by atoms with Gasteiger partial charge < -0.3 is 10.2 Å². The first-order valence-electron chi connectivity index (χ1n) is 8.57. The molecule has 26 heavy (non-hydrogen) atoms. The number of nitrogens with one attached hydrogen (secondary N) is 1. The number of benzene rings is 2. The fraction of sp³-hybridized carbons (Fsp3) is 0.150. The van der Waals surface area contributed by atoms with Crippen LogP contribution in [0, 0.1) is 0 Å². The Hall–Kier alpha value is -3.41. The maximum Gasteiger partial charge on any atom is 0.322 e. The molecule has 6 heteroatoms. The van der Waals surface area contributed by atoms with Crippen molar-refractivity contribution in [1.82, 2.24) is 19.9 Å². The highest BCUT2D eigenvalue weighted by molar-refractivity contribution is 5.91. The SMILES string of the molecule is O=C(Nc1ccc(-n2ccnn2)cc1)N1CCC=C(c2ccccc2)C1. The lowest BCUT2D eigenvalue weighted by atomic mass is 10.0. The molecule has 1 aliphatic heterocycles. The number of aromatic nitrogens is 3. The Labute approximate surface area is 151 Å². The highest BCUT2D eigenvalue weighted by Gasteiger charge is 2.19. The van der Waals surface area contributed by atoms with Gasteiger partial charge in [0.2, 0.25) is 0 Å². The number of carbonyl (C=O) groups is 1. The Bertz CT molecular complexity index is 901. The molecule has 0 saturated heterocycles. The smallest absolute Gasteiger partial charge is 0.320 e. The monoisotopic (exact) mass is 345 g/mol. The minimum absolute atomic E-state index is 0.0833. The Morgan fingerprint density at radius 2 is 1.85 bits per heavy atom. The Balaban J connectivity index is 1.41. The predicted molar refractivity (Wildman–Crippen MR) is 101 cm³/mol. The van der Waals surface area contributed by atoms with Gasteiger partial charge in [0.25, 0.3) is 0 Å². The molecule has 2 aromatic carbocycles. The second kappa shape index (κ2) is 7.23. The Kier molecular flexibility index (Phi) is 4.47. The summed E-state index contributed by atoms with van der Waals surface area (Å²) in [5.74, 6) is 0. The van der Waals surface area contributed by atoms with Crippen LogP contribution in [-0.4, -0.2) is 39.0 Å². The number of hydrogen-bond acceptors (Lipinski definition) is 3. The number of carbonyl (C=O) groups excluding carboxylic acids is 1. The van der Waals surface area contributed by atoms with E-state index in [2.05, 4.69) is 33.8 Å². The Morgan fingerprint density at radius 3 is 2.58 bits per heavy atom. The van der Waals surface area contributed by atoms with Gasteiger partial charge in [0.15, 0.2) is 0 Å². The van der Waals surface area contributed by atoms with Crippen molar-refractivity contribution in [2.45, 2.75) is 6.42 Å². The van der Waals surface area contributed by atoms with Gasteiger partial charge in [-0.25, -0.2) is 9.48 Å². The molecular weight excluding hydrogens is 326 g/mol. The molecule has 0 saturated carbocycles. The molecule has 2 heterocycles. The van der Waals surface area contributed by atoms with E-state index in [1.54, 1.807) is 17.1 Å². The van der Waals surface area contributed by atoms with E-state index in [0.717, 1.165) is 24.3 Å². The fourth-order valence-corrected chi connectivity index (χ4v) is 3.02. The van der Waals surface area contributed by atoms with E-state index in [0.29, 0.717) is 6.54 Å². The number of urea groups is 1. The van der Waals surface area contributed by atoms with Gasteiger partial charge in [-0.3, -0.25) is 0 Å². The molecule has 130 valence electrons. The topological polar surface area (TPSA) is 63.1 Å². The fourth-order valence-electron chi connectivity index (χ4n) is 3.02. The van der Waals surface area contributed by atoms with Gasteiger partial charge in [-0.1, -0.05) is 41.6 Å². The standard InChI is InChI=1S/C20H19N5O/c26-20(22-18-8-10-19(11-9-18)25-14-12-21-23-25)24-13-4-7-17(15-24)16-5-2-1-3-6-16/h1-3,5-12,14H,4,13,15H2,(H,22,26). The maximum atomic E-state index is 12.6. The van der Waals surface area contributed by atoms with Crippen LogP contribution in [0.3, 0.4) is 0 Å². The van der Waals surface area contributed by atoms with E-state index in [1.807, 2.05) is 47.4 Å². The second-order valence-corrected chi connectivity index (χ2v) is 6.13. The minimum Gasteiger partial charge on any atom is -0.320 e. The van der Waals surface area contributed by atoms with Crippen molar-refractivity contribution in [3.05, 3.63) is 78.6 Å². The van der Waals surface area contributed by atoms with Crippen LogP contribution >= 0.6 is 0 Å². The third-order valence-corrected chi connectivity index (χ3v) is 4.39. The van der Waals surface area contributed by atoms with Crippen LogP contribution in [0.15, 0.2) is 73.1 Å². The highest BCUT2D eigenvalue weighted by atomic mass is 16.2. The van der Waals surface area contributed by atoms with Crippen molar-refractivity contribution in [3.63, 3.8) is 0 Å². The van der Waals surface area contributed by atoms with Crippen molar-refractivity contribution in [2.24, 2.45) is 0 Å². The van der Waals surface area contributed by atoms with Gasteiger partial charge >= 0.3 is 6.03 Å². The minimum atomic E-state index is -0.0833. The van der Waals surface area contributed by atoms with Gasteiger partial charge in [0.1, 0.15) is 0 Å². The molecule has 1 aromatic heterocycles. The average molecular weight is 345 g/mol. The van der Waals surface area contributed by atoms with E-state index in [1.165, 1.54) is 11.1 Å². The summed E-state index contributed by atoms with van der Waals surface area (Å²) in [4.78, 5) is 14.5. The van der Waals surface area contributed by atoms with E-state index < -0.39 is 0 Å². The molecular formula is C20H19N5O. The molecule has 0 radical (unpaired) electrons. The van der Waals surface area contributed by atoms with Crippen LogP contribution in [0.5, 0.6) is 0 Å². The van der Waals surface area contributed by atoms with Gasteiger partial charge in [-0.2, -0.15) is 0 Å². The average Bonchev–Trinajstić information content (AvgIpc) is 3.24. The van der Waals surface area contributed by atoms with Crippen molar-refractivity contribution in [3.8, 4) is 5.69 Å². The molecule has 0 aliphatic carbocycles. The van der Waals surface area contributed by atoms with E-state index in [-0.39, 0.29) is 6.03 Å². The lowest BCUT2D eigenvalue weighted by molar-refractivity contribution is 0.217. The van der Waals surface area contributed by atoms with Crippen LogP contribution in [0.2, 0.25) is 0 Å². The number of rotatable bonds is 3. The van der Waals surface area contributed by atoms with Gasteiger partial charge in [-0.15, -0.1) is 5.10 Å². The van der Waals surface area contributed by atoms with Crippen molar-refractivity contribution >= 4 is 17.3 Å². The molecule has 2 amide bonds. The third-order valence-electron chi connectivity index (χ3n) is 4.39. The molecule has 1 aliphatic rings. The zero-order chi connectivity index (χ0) is 17.8. The summed E-state index contributed by atoms with van der Waals surface area (Å²) in [6.45, 7) is 1.34. The molecule has 4 rings (SSSR count). The molecule has 0 bridgehead atoms. The summed E-state index contributed by atoms with van der Waals surface area (Å²) in [5, 5.41) is 10.7. The van der Waals surface area contributed by atoms with Crippen LogP contribution in [0.1, 0.15) is 12.0 Å². The largest absolute Gasteiger partial charge is 0.322 e. The molecule has 0 fully saturated rings. The predicted octanol–water partition coefficient (Wildman–Crippen LogP) is 3.59. The van der Waals surface area contributed by atoms with Crippen molar-refractivity contribution < 1.29 is 4.79 Å². The summed E-state index contributed by atoms with van der Waals surface area (Å²) >= 11 is 0. The first-order valence-corrected chi connectivity index (χ1v) is 8.57. The molecule has 6 nitrogen and oxygen atoms in total. The summed E-state index contributed by atoms with van der Waals surface area (Å²) in [7, 11) is 0. The molecule has 3 aromatic rings. The summed E-state index contributed by atoms with van der Waals surface area (Å²) in [6.07, 6.45) is 6.48. The van der Waals surface area contributed by atoms with Gasteiger partial charge in [0.05, 0.1) is 18.1 Å². The number of amides is 2. The molecule has 0 unspecified atom stereocenters. The lowest BCUT2D eigenvalue weighted by Crippen LogP contribution is -2.38. The number of anilines is 1. The van der Waals surface area contributed by atoms with E-state index >= 15 is 0 Å².